The number of likely N-dealkylation sites (tertiary alicyclic amines) is 1. The average molecular weight is 439 g/mol. The first-order valence-corrected chi connectivity index (χ1v) is 10.6. The molecule has 1 amide bonds. The van der Waals surface area contributed by atoms with Crippen molar-refractivity contribution in [3.8, 4) is 22.9 Å². The number of nitrogens with zero attached hydrogens (tertiary/aromatic N) is 3. The van der Waals surface area contributed by atoms with Gasteiger partial charge in [-0.25, -0.2) is 4.39 Å². The molecule has 1 saturated heterocycles. The molecular formula is C24H26FN3O4. The number of piperidine rings is 1. The zero-order valence-electron chi connectivity index (χ0n) is 18.2. The van der Waals surface area contributed by atoms with Crippen LogP contribution in [-0.4, -0.2) is 48.3 Å². The monoisotopic (exact) mass is 439 g/mol. The molecule has 1 aliphatic heterocycles. The van der Waals surface area contributed by atoms with Crippen LogP contribution in [-0.2, 0) is 17.6 Å². The minimum Gasteiger partial charge on any atom is -0.493 e. The van der Waals surface area contributed by atoms with E-state index in [4.69, 9.17) is 14.0 Å². The van der Waals surface area contributed by atoms with Crippen LogP contribution in [0.1, 0.15) is 24.3 Å². The van der Waals surface area contributed by atoms with Gasteiger partial charge in [-0.05, 0) is 60.7 Å². The molecule has 1 fully saturated rings. The Bertz CT molecular complexity index is 1060. The molecule has 0 radical (unpaired) electrons. The number of halogens is 1. The highest BCUT2D eigenvalue weighted by Gasteiger charge is 2.25. The fourth-order valence-electron chi connectivity index (χ4n) is 3.96. The smallest absolute Gasteiger partial charge is 0.227 e. The molecule has 0 spiro atoms. The first-order chi connectivity index (χ1) is 15.6. The van der Waals surface area contributed by atoms with Gasteiger partial charge in [0.2, 0.25) is 17.6 Å². The third-order valence-electron chi connectivity index (χ3n) is 5.80. The van der Waals surface area contributed by atoms with Gasteiger partial charge in [-0.15, -0.1) is 0 Å². The average Bonchev–Trinajstić information content (AvgIpc) is 3.28. The van der Waals surface area contributed by atoms with Crippen molar-refractivity contribution in [2.24, 2.45) is 5.92 Å². The first-order valence-electron chi connectivity index (χ1n) is 10.6. The summed E-state index contributed by atoms with van der Waals surface area (Å²) in [5, 5.41) is 4.01. The Hall–Kier alpha value is -3.42. The molecule has 4 rings (SSSR count). The number of carbonyl (C=O) groups excluding carboxylic acids is 1. The second-order valence-corrected chi connectivity index (χ2v) is 7.91. The molecule has 8 heteroatoms. The Morgan fingerprint density at radius 1 is 1.09 bits per heavy atom. The van der Waals surface area contributed by atoms with E-state index in [1.54, 1.807) is 26.4 Å². The zero-order chi connectivity index (χ0) is 22.5. The van der Waals surface area contributed by atoms with Gasteiger partial charge in [0.05, 0.1) is 20.6 Å². The highest BCUT2D eigenvalue weighted by molar-refractivity contribution is 5.79. The van der Waals surface area contributed by atoms with Crippen molar-refractivity contribution in [3.05, 3.63) is 59.7 Å². The Morgan fingerprint density at radius 2 is 1.81 bits per heavy atom. The predicted octanol–water partition coefficient (Wildman–Crippen LogP) is 3.92. The highest BCUT2D eigenvalue weighted by atomic mass is 19.1. The van der Waals surface area contributed by atoms with Crippen molar-refractivity contribution in [2.45, 2.75) is 25.7 Å². The molecule has 0 saturated carbocycles. The van der Waals surface area contributed by atoms with E-state index in [1.165, 1.54) is 12.1 Å². The van der Waals surface area contributed by atoms with E-state index in [2.05, 4.69) is 10.1 Å². The summed E-state index contributed by atoms with van der Waals surface area (Å²) in [7, 11) is 3.17. The number of hydrogen-bond donors (Lipinski definition) is 0. The Kier molecular flexibility index (Phi) is 6.68. The van der Waals surface area contributed by atoms with E-state index in [-0.39, 0.29) is 11.7 Å². The van der Waals surface area contributed by atoms with Gasteiger partial charge in [0, 0.05) is 25.1 Å². The van der Waals surface area contributed by atoms with Crippen LogP contribution in [0.15, 0.2) is 47.0 Å². The fraction of sp³-hybridized carbons (Fsp3) is 0.375. The number of benzene rings is 2. The van der Waals surface area contributed by atoms with Gasteiger partial charge < -0.3 is 18.9 Å². The number of methoxy groups -OCH3 is 2. The molecule has 0 aliphatic carbocycles. The van der Waals surface area contributed by atoms with Gasteiger partial charge in [-0.3, -0.25) is 4.79 Å². The molecule has 2 heterocycles. The maximum Gasteiger partial charge on any atom is 0.227 e. The first kappa shape index (κ1) is 21.8. The third-order valence-corrected chi connectivity index (χ3v) is 5.80. The molecule has 0 N–H and O–H groups in total. The molecule has 32 heavy (non-hydrogen) atoms. The molecule has 0 atom stereocenters. The number of amides is 1. The van der Waals surface area contributed by atoms with Crippen molar-refractivity contribution in [3.63, 3.8) is 0 Å². The van der Waals surface area contributed by atoms with E-state index in [1.807, 2.05) is 23.1 Å². The number of aromatic nitrogens is 2. The van der Waals surface area contributed by atoms with E-state index in [0.29, 0.717) is 55.1 Å². The van der Waals surface area contributed by atoms with Gasteiger partial charge in [0.15, 0.2) is 11.5 Å². The van der Waals surface area contributed by atoms with Crippen LogP contribution in [0.5, 0.6) is 11.5 Å². The van der Waals surface area contributed by atoms with E-state index in [9.17, 15) is 9.18 Å². The van der Waals surface area contributed by atoms with E-state index < -0.39 is 0 Å². The second kappa shape index (κ2) is 9.80. The lowest BCUT2D eigenvalue weighted by atomic mass is 9.93. The van der Waals surface area contributed by atoms with Crippen LogP contribution in [0.3, 0.4) is 0 Å². The van der Waals surface area contributed by atoms with Crippen LogP contribution in [0, 0.1) is 11.7 Å². The number of hydrogen-bond acceptors (Lipinski definition) is 6. The van der Waals surface area contributed by atoms with Crippen molar-refractivity contribution in [2.75, 3.05) is 27.3 Å². The number of rotatable bonds is 7. The molecule has 3 aromatic rings. The summed E-state index contributed by atoms with van der Waals surface area (Å²) in [6.45, 7) is 1.41. The van der Waals surface area contributed by atoms with Crippen LogP contribution in [0.2, 0.25) is 0 Å². The minimum atomic E-state index is -0.301. The summed E-state index contributed by atoms with van der Waals surface area (Å²) < 4.78 is 29.1. The molecular weight excluding hydrogens is 413 g/mol. The lowest BCUT2D eigenvalue weighted by molar-refractivity contribution is -0.131. The normalized spacial score (nSPS) is 14.4. The molecule has 0 bridgehead atoms. The largest absolute Gasteiger partial charge is 0.493 e. The summed E-state index contributed by atoms with van der Waals surface area (Å²) in [5.74, 6) is 2.48. The molecule has 1 aromatic heterocycles. The lowest BCUT2D eigenvalue weighted by Gasteiger charge is -2.31. The Balaban J connectivity index is 1.29. The number of ether oxygens (including phenoxy) is 2. The summed E-state index contributed by atoms with van der Waals surface area (Å²) in [5.41, 5.74) is 1.62. The van der Waals surface area contributed by atoms with Crippen LogP contribution < -0.4 is 9.47 Å². The van der Waals surface area contributed by atoms with Gasteiger partial charge in [-0.2, -0.15) is 4.98 Å². The third kappa shape index (κ3) is 5.07. The van der Waals surface area contributed by atoms with Gasteiger partial charge >= 0.3 is 0 Å². The number of carbonyl (C=O) groups is 1. The molecule has 0 unspecified atom stereocenters. The molecule has 168 valence electrons. The van der Waals surface area contributed by atoms with Gasteiger partial charge in [0.1, 0.15) is 5.82 Å². The summed E-state index contributed by atoms with van der Waals surface area (Å²) in [6.07, 6.45) is 2.76. The lowest BCUT2D eigenvalue weighted by Crippen LogP contribution is -2.39. The summed E-state index contributed by atoms with van der Waals surface area (Å²) in [6, 6.07) is 11.6. The molecule has 7 nitrogen and oxygen atoms in total. The molecule has 2 aromatic carbocycles. The highest BCUT2D eigenvalue weighted by Crippen LogP contribution is 2.28. The van der Waals surface area contributed by atoms with Crippen molar-refractivity contribution < 1.29 is 23.2 Å². The van der Waals surface area contributed by atoms with Crippen molar-refractivity contribution >= 4 is 5.91 Å². The standard InChI is InChI=1S/C24H26FN3O4/c1-30-20-8-3-17(13-21(20)31-2)15-23(29)28-11-9-16(10-12-28)14-22-26-24(27-32-22)18-4-6-19(25)7-5-18/h3-8,13,16H,9-12,14-15H2,1-2H3. The minimum absolute atomic E-state index is 0.104. The van der Waals surface area contributed by atoms with Crippen molar-refractivity contribution in [1.29, 1.82) is 0 Å². The maximum absolute atomic E-state index is 13.1. The summed E-state index contributed by atoms with van der Waals surface area (Å²) >= 11 is 0. The summed E-state index contributed by atoms with van der Waals surface area (Å²) in [4.78, 5) is 19.1. The zero-order valence-corrected chi connectivity index (χ0v) is 18.2. The van der Waals surface area contributed by atoms with Crippen LogP contribution in [0.4, 0.5) is 4.39 Å². The quantitative estimate of drug-likeness (QED) is 0.555. The Labute approximate surface area is 186 Å². The van der Waals surface area contributed by atoms with Crippen LogP contribution in [0.25, 0.3) is 11.4 Å². The topological polar surface area (TPSA) is 77.7 Å². The SMILES string of the molecule is COc1ccc(CC(=O)N2CCC(Cc3nc(-c4ccc(F)cc4)no3)CC2)cc1OC. The molecule has 1 aliphatic rings. The second-order valence-electron chi connectivity index (χ2n) is 7.91. The predicted molar refractivity (Wildman–Crippen MR) is 116 cm³/mol. The van der Waals surface area contributed by atoms with Crippen LogP contribution >= 0.6 is 0 Å². The van der Waals surface area contributed by atoms with E-state index in [0.717, 1.165) is 24.0 Å². The fourth-order valence-corrected chi connectivity index (χ4v) is 3.96. The van der Waals surface area contributed by atoms with Gasteiger partial charge in [-0.1, -0.05) is 11.2 Å². The van der Waals surface area contributed by atoms with Crippen molar-refractivity contribution in [1.82, 2.24) is 15.0 Å². The maximum atomic E-state index is 13.1. The van der Waals surface area contributed by atoms with E-state index >= 15 is 0 Å². The van der Waals surface area contributed by atoms with Gasteiger partial charge in [0.25, 0.3) is 0 Å². The Morgan fingerprint density at radius 3 is 2.50 bits per heavy atom.